The van der Waals surface area contributed by atoms with Crippen LogP contribution in [0.5, 0.6) is 0 Å². The second kappa shape index (κ2) is 83.8. The van der Waals surface area contributed by atoms with E-state index in [4.69, 9.17) is 4.74 Å². The van der Waals surface area contributed by atoms with Crippen LogP contribution in [-0.2, 0) is 14.3 Å². The van der Waals surface area contributed by atoms with Gasteiger partial charge in [0.1, 0.15) is 0 Å². The molecule has 0 aromatic carbocycles. The molecule has 2 atom stereocenters. The summed E-state index contributed by atoms with van der Waals surface area (Å²) < 4.78 is 5.51. The molecule has 0 fully saturated rings. The zero-order valence-electron chi connectivity index (χ0n) is 64.2. The predicted molar refractivity (Wildman–Crippen MR) is 417 cm³/mol. The van der Waals surface area contributed by atoms with Crippen molar-refractivity contribution < 1.29 is 24.5 Å². The lowest BCUT2D eigenvalue weighted by molar-refractivity contribution is -0.143. The van der Waals surface area contributed by atoms with Gasteiger partial charge in [0.25, 0.3) is 0 Å². The third-order valence-electron chi connectivity index (χ3n) is 20.8. The number of rotatable bonds is 83. The molecule has 0 aliphatic rings. The van der Waals surface area contributed by atoms with Crippen molar-refractivity contribution >= 4 is 11.9 Å². The maximum Gasteiger partial charge on any atom is 0.305 e. The van der Waals surface area contributed by atoms with Gasteiger partial charge in [0.2, 0.25) is 5.91 Å². The molecule has 3 N–H and O–H groups in total. The molecule has 0 bridgehead atoms. The summed E-state index contributed by atoms with van der Waals surface area (Å²) in [6.45, 7) is 5.02. The minimum absolute atomic E-state index is 0.0250. The van der Waals surface area contributed by atoms with Crippen LogP contribution < -0.4 is 5.32 Å². The van der Waals surface area contributed by atoms with Gasteiger partial charge >= 0.3 is 5.97 Å². The molecule has 94 heavy (non-hydrogen) atoms. The van der Waals surface area contributed by atoms with E-state index >= 15 is 0 Å². The Kier molecular flexibility index (Phi) is 82.3. The average Bonchev–Trinajstić information content (AvgIpc) is 3.68. The fraction of sp³-hybridized carbons (Fsp3) is 0.932. The third kappa shape index (κ3) is 79.3. The van der Waals surface area contributed by atoms with Gasteiger partial charge in [0.05, 0.1) is 25.4 Å². The first-order valence-corrected chi connectivity index (χ1v) is 43.6. The smallest absolute Gasteiger partial charge is 0.305 e. The molecule has 0 saturated heterocycles. The Labute approximate surface area is 590 Å². The number of esters is 1. The second-order valence-corrected chi connectivity index (χ2v) is 30.2. The largest absolute Gasteiger partial charge is 0.466 e. The molecule has 0 aromatic rings. The molecule has 6 heteroatoms. The SMILES string of the molecule is CCCCCCCCCCCCCCCCCCCCCCCCC(O)C(CO)NC(=O)CCCCCCCCCCCCCCCCCCC/C=C\C/C=C\CCCCCCCCCCCCCCCCCOC(=O)CCCCCCCCCCCCCCCCCC. The number of ether oxygens (including phenoxy) is 1. The first-order valence-electron chi connectivity index (χ1n) is 43.6. The molecule has 0 spiro atoms. The van der Waals surface area contributed by atoms with Crippen molar-refractivity contribution in [2.45, 2.75) is 514 Å². The quantitative estimate of drug-likeness (QED) is 0.0320. The summed E-state index contributed by atoms with van der Waals surface area (Å²) in [4.78, 5) is 24.7. The number of carbonyl (C=O) groups excluding carboxylic acids is 2. The maximum absolute atomic E-state index is 12.6. The molecule has 0 aliphatic heterocycles. The van der Waals surface area contributed by atoms with Gasteiger partial charge < -0.3 is 20.3 Å². The number of unbranched alkanes of at least 4 members (excludes halogenated alkanes) is 68. The molecule has 2 unspecified atom stereocenters. The summed E-state index contributed by atoms with van der Waals surface area (Å²) in [5, 5.41) is 23.5. The Hall–Kier alpha value is -1.66. The Balaban J connectivity index is 3.34. The highest BCUT2D eigenvalue weighted by Crippen LogP contribution is 2.21. The molecule has 1 amide bonds. The lowest BCUT2D eigenvalue weighted by Gasteiger charge is -2.22. The van der Waals surface area contributed by atoms with Crippen LogP contribution in [0.2, 0.25) is 0 Å². The summed E-state index contributed by atoms with van der Waals surface area (Å²) in [5.74, 6) is -0.000913. The van der Waals surface area contributed by atoms with E-state index in [0.29, 0.717) is 25.9 Å². The third-order valence-corrected chi connectivity index (χ3v) is 20.8. The monoisotopic (exact) mass is 1320 g/mol. The maximum atomic E-state index is 12.6. The van der Waals surface area contributed by atoms with Gasteiger partial charge in [-0.15, -0.1) is 0 Å². The minimum atomic E-state index is -0.663. The standard InChI is InChI=1S/C88H171NO5/c1-3-5-7-9-11-13-15-17-19-21-22-23-43-46-49-52-56-60-64-68-72-76-80-86(91)85(84-90)89-87(92)81-77-73-69-65-61-57-53-50-47-44-41-39-37-35-33-31-29-27-25-24-26-28-30-32-34-36-38-40-42-45-48-51-55-59-63-67-71-75-79-83-94-88(93)82-78-74-70-66-62-58-54-20-18-16-14-12-10-8-6-4-2/h24-25,28,30,85-86,90-91H,3-23,26-27,29,31-84H2,1-2H3,(H,89,92)/b25-24-,30-28-. The molecule has 6 nitrogen and oxygen atoms in total. The van der Waals surface area contributed by atoms with Crippen LogP contribution in [0.1, 0.15) is 502 Å². The first-order chi connectivity index (χ1) is 46.5. The van der Waals surface area contributed by atoms with E-state index in [1.165, 1.54) is 424 Å². The molecule has 0 saturated carbocycles. The van der Waals surface area contributed by atoms with Gasteiger partial charge in [-0.3, -0.25) is 9.59 Å². The Morgan fingerprint density at radius 2 is 0.532 bits per heavy atom. The summed E-state index contributed by atoms with van der Waals surface area (Å²) in [6.07, 6.45) is 109. The summed E-state index contributed by atoms with van der Waals surface area (Å²) in [6, 6.07) is -0.540. The van der Waals surface area contributed by atoms with Crippen LogP contribution in [-0.4, -0.2) is 47.4 Å². The molecule has 0 radical (unpaired) electrons. The number of carbonyl (C=O) groups is 2. The highest BCUT2D eigenvalue weighted by atomic mass is 16.5. The fourth-order valence-corrected chi connectivity index (χ4v) is 14.1. The van der Waals surface area contributed by atoms with Crippen LogP contribution in [0.25, 0.3) is 0 Å². The Morgan fingerprint density at radius 1 is 0.298 bits per heavy atom. The molecule has 558 valence electrons. The van der Waals surface area contributed by atoms with Crippen LogP contribution in [0.3, 0.4) is 0 Å². The molecule has 0 aliphatic carbocycles. The Morgan fingerprint density at radius 3 is 0.809 bits per heavy atom. The van der Waals surface area contributed by atoms with Gasteiger partial charge in [-0.25, -0.2) is 0 Å². The summed E-state index contributed by atoms with van der Waals surface area (Å²) in [7, 11) is 0. The highest BCUT2D eigenvalue weighted by Gasteiger charge is 2.20. The van der Waals surface area contributed by atoms with Crippen molar-refractivity contribution in [2.24, 2.45) is 0 Å². The van der Waals surface area contributed by atoms with Crippen LogP contribution in [0.4, 0.5) is 0 Å². The normalized spacial score (nSPS) is 12.5. The van der Waals surface area contributed by atoms with Gasteiger partial charge in [0.15, 0.2) is 0 Å². The highest BCUT2D eigenvalue weighted by molar-refractivity contribution is 5.76. The molecule has 0 aromatic heterocycles. The number of hydrogen-bond donors (Lipinski definition) is 3. The predicted octanol–water partition coefficient (Wildman–Crippen LogP) is 29.2. The van der Waals surface area contributed by atoms with Crippen LogP contribution in [0.15, 0.2) is 24.3 Å². The molecular formula is C88H171NO5. The van der Waals surface area contributed by atoms with E-state index in [2.05, 4.69) is 43.5 Å². The van der Waals surface area contributed by atoms with Crippen molar-refractivity contribution in [3.8, 4) is 0 Å². The van der Waals surface area contributed by atoms with Gasteiger partial charge in [-0.1, -0.05) is 456 Å². The minimum Gasteiger partial charge on any atom is -0.466 e. The fourth-order valence-electron chi connectivity index (χ4n) is 14.1. The number of aliphatic hydroxyl groups is 2. The zero-order valence-corrected chi connectivity index (χ0v) is 64.2. The van der Waals surface area contributed by atoms with E-state index in [0.717, 1.165) is 44.9 Å². The summed E-state index contributed by atoms with van der Waals surface area (Å²) >= 11 is 0. The Bertz CT molecular complexity index is 1480. The van der Waals surface area contributed by atoms with Crippen molar-refractivity contribution in [3.05, 3.63) is 24.3 Å². The lowest BCUT2D eigenvalue weighted by Crippen LogP contribution is -2.45. The van der Waals surface area contributed by atoms with Gasteiger partial charge in [-0.05, 0) is 57.8 Å². The van der Waals surface area contributed by atoms with Crippen molar-refractivity contribution in [1.29, 1.82) is 0 Å². The van der Waals surface area contributed by atoms with E-state index < -0.39 is 12.1 Å². The molecule has 0 heterocycles. The van der Waals surface area contributed by atoms with E-state index in [9.17, 15) is 19.8 Å². The van der Waals surface area contributed by atoms with E-state index in [1.807, 2.05) is 0 Å². The number of hydrogen-bond acceptors (Lipinski definition) is 5. The van der Waals surface area contributed by atoms with Crippen molar-refractivity contribution in [1.82, 2.24) is 5.32 Å². The van der Waals surface area contributed by atoms with Gasteiger partial charge in [0, 0.05) is 12.8 Å². The second-order valence-electron chi connectivity index (χ2n) is 30.2. The number of amides is 1. The first kappa shape index (κ1) is 92.3. The average molecular weight is 1320 g/mol. The molecule has 0 rings (SSSR count). The zero-order chi connectivity index (χ0) is 67.7. The number of aliphatic hydroxyl groups excluding tert-OH is 2. The number of allylic oxidation sites excluding steroid dienone is 4. The van der Waals surface area contributed by atoms with E-state index in [1.54, 1.807) is 0 Å². The van der Waals surface area contributed by atoms with Crippen molar-refractivity contribution in [3.63, 3.8) is 0 Å². The van der Waals surface area contributed by atoms with E-state index in [-0.39, 0.29) is 18.5 Å². The molecular weight excluding hydrogens is 1150 g/mol. The van der Waals surface area contributed by atoms with Gasteiger partial charge in [-0.2, -0.15) is 0 Å². The van der Waals surface area contributed by atoms with Crippen LogP contribution in [0, 0.1) is 0 Å². The summed E-state index contributed by atoms with van der Waals surface area (Å²) in [5.41, 5.74) is 0. The lowest BCUT2D eigenvalue weighted by atomic mass is 10.0. The van der Waals surface area contributed by atoms with Crippen LogP contribution >= 0.6 is 0 Å². The van der Waals surface area contributed by atoms with Crippen molar-refractivity contribution in [2.75, 3.05) is 13.2 Å². The topological polar surface area (TPSA) is 95.9 Å². The number of nitrogens with one attached hydrogen (secondary N) is 1.